The molecule has 1 unspecified atom stereocenters. The first-order chi connectivity index (χ1) is 20.3. The van der Waals surface area contributed by atoms with Crippen LogP contribution in [0.4, 0.5) is 5.69 Å². The molecule has 43 heavy (non-hydrogen) atoms. The third-order valence-electron chi connectivity index (χ3n) is 6.74. The summed E-state index contributed by atoms with van der Waals surface area (Å²) in [4.78, 5) is 28.9. The van der Waals surface area contributed by atoms with Crippen LogP contribution in [0.15, 0.2) is 70.0 Å². The molecular weight excluding hydrogens is 677 g/mol. The maximum atomic E-state index is 14.2. The van der Waals surface area contributed by atoms with E-state index >= 15 is 0 Å². The van der Waals surface area contributed by atoms with Crippen molar-refractivity contribution in [2.75, 3.05) is 24.5 Å². The molecule has 3 aromatic rings. The Kier molecular flexibility index (Phi) is 12.3. The Hall–Kier alpha value is -2.79. The van der Waals surface area contributed by atoms with Gasteiger partial charge in [0, 0.05) is 23.1 Å². The van der Waals surface area contributed by atoms with E-state index in [2.05, 4.69) is 21.2 Å². The van der Waals surface area contributed by atoms with Crippen LogP contribution in [0.5, 0.6) is 5.75 Å². The fraction of sp³-hybridized carbons (Fsp3) is 0.355. The van der Waals surface area contributed by atoms with Crippen LogP contribution in [-0.4, -0.2) is 51.4 Å². The lowest BCUT2D eigenvalue weighted by molar-refractivity contribution is -0.140. The summed E-state index contributed by atoms with van der Waals surface area (Å²) in [5, 5.41) is 3.66. The van der Waals surface area contributed by atoms with E-state index < -0.39 is 28.5 Å². The molecule has 0 spiro atoms. The lowest BCUT2D eigenvalue weighted by Crippen LogP contribution is -2.52. The quantitative estimate of drug-likeness (QED) is 0.209. The molecule has 232 valence electrons. The summed E-state index contributed by atoms with van der Waals surface area (Å²) in [6.07, 6.45) is 0.295. The Balaban J connectivity index is 2.09. The normalized spacial score (nSPS) is 12.1. The van der Waals surface area contributed by atoms with Gasteiger partial charge in [0.1, 0.15) is 18.3 Å². The van der Waals surface area contributed by atoms with Gasteiger partial charge in [-0.25, -0.2) is 8.42 Å². The highest BCUT2D eigenvalue weighted by molar-refractivity contribution is 9.10. The van der Waals surface area contributed by atoms with Gasteiger partial charge < -0.3 is 15.0 Å². The Morgan fingerprint density at radius 2 is 1.70 bits per heavy atom. The van der Waals surface area contributed by atoms with Gasteiger partial charge in [0.2, 0.25) is 11.8 Å². The average Bonchev–Trinajstić information content (AvgIpc) is 2.96. The molecule has 0 radical (unpaired) electrons. The van der Waals surface area contributed by atoms with Crippen LogP contribution in [0, 0.1) is 12.8 Å². The minimum absolute atomic E-state index is 0.0295. The first kappa shape index (κ1) is 34.7. The number of benzene rings is 3. The predicted molar refractivity (Wildman–Crippen MR) is 175 cm³/mol. The zero-order valence-electron chi connectivity index (χ0n) is 24.7. The summed E-state index contributed by atoms with van der Waals surface area (Å²) in [7, 11) is -2.77. The van der Waals surface area contributed by atoms with Crippen molar-refractivity contribution in [3.8, 4) is 5.75 Å². The first-order valence-electron chi connectivity index (χ1n) is 13.7. The molecule has 0 aromatic heterocycles. The maximum Gasteiger partial charge on any atom is 0.264 e. The largest absolute Gasteiger partial charge is 0.496 e. The summed E-state index contributed by atoms with van der Waals surface area (Å²) >= 11 is 15.9. The fourth-order valence-corrected chi connectivity index (χ4v) is 6.95. The molecule has 0 saturated carbocycles. The van der Waals surface area contributed by atoms with E-state index in [1.807, 2.05) is 20.8 Å². The molecule has 0 aliphatic rings. The predicted octanol–water partition coefficient (Wildman–Crippen LogP) is 6.85. The average molecular weight is 714 g/mol. The zero-order chi connectivity index (χ0) is 31.9. The summed E-state index contributed by atoms with van der Waals surface area (Å²) in [6, 6.07) is 15.2. The van der Waals surface area contributed by atoms with E-state index in [-0.39, 0.29) is 23.3 Å². The van der Waals surface area contributed by atoms with Gasteiger partial charge in [0.15, 0.2) is 0 Å². The molecule has 0 heterocycles. The molecule has 0 fully saturated rings. The second kappa shape index (κ2) is 15.3. The molecule has 2 amide bonds. The van der Waals surface area contributed by atoms with E-state index in [4.69, 9.17) is 27.9 Å². The van der Waals surface area contributed by atoms with Gasteiger partial charge in [-0.2, -0.15) is 0 Å². The van der Waals surface area contributed by atoms with Crippen molar-refractivity contribution in [1.82, 2.24) is 10.2 Å². The van der Waals surface area contributed by atoms with Gasteiger partial charge in [-0.05, 0) is 83.2 Å². The minimum Gasteiger partial charge on any atom is -0.496 e. The van der Waals surface area contributed by atoms with E-state index in [0.29, 0.717) is 44.5 Å². The first-order valence-corrected chi connectivity index (χ1v) is 16.7. The van der Waals surface area contributed by atoms with Crippen molar-refractivity contribution >= 4 is 66.7 Å². The molecule has 0 saturated heterocycles. The van der Waals surface area contributed by atoms with E-state index in [9.17, 15) is 18.0 Å². The number of carbonyl (C=O) groups is 2. The molecule has 0 aliphatic heterocycles. The molecular formula is C31H36BrCl2N3O5S. The Morgan fingerprint density at radius 1 is 1.02 bits per heavy atom. The summed E-state index contributed by atoms with van der Waals surface area (Å²) < 4.78 is 35.0. The van der Waals surface area contributed by atoms with Crippen molar-refractivity contribution in [2.24, 2.45) is 5.92 Å². The standard InChI is InChI=1S/C31H36BrCl2N3O5S/c1-6-28(31(39)35-17-20(2)3)36(18-22-9-10-23(33)15-27(22)34)30(38)19-37(24-11-7-21(4)8-12-24)43(40,41)25-13-14-29(42-5)26(32)16-25/h7-16,20,28H,6,17-19H2,1-5H3,(H,35,39). The van der Waals surface area contributed by atoms with Gasteiger partial charge >= 0.3 is 0 Å². The third kappa shape index (κ3) is 8.88. The van der Waals surface area contributed by atoms with Crippen molar-refractivity contribution in [2.45, 2.75) is 51.6 Å². The Bertz CT molecular complexity index is 1550. The molecule has 3 aromatic carbocycles. The third-order valence-corrected chi connectivity index (χ3v) is 9.71. The molecule has 12 heteroatoms. The van der Waals surface area contributed by atoms with Crippen LogP contribution < -0.4 is 14.4 Å². The van der Waals surface area contributed by atoms with Crippen molar-refractivity contribution in [3.63, 3.8) is 0 Å². The Labute approximate surface area is 272 Å². The second-order valence-electron chi connectivity index (χ2n) is 10.5. The molecule has 1 atom stereocenters. The van der Waals surface area contributed by atoms with Gasteiger partial charge in [-0.1, -0.05) is 67.7 Å². The lowest BCUT2D eigenvalue weighted by Gasteiger charge is -2.33. The van der Waals surface area contributed by atoms with Crippen molar-refractivity contribution in [1.29, 1.82) is 0 Å². The van der Waals surface area contributed by atoms with Crippen LogP contribution >= 0.6 is 39.1 Å². The smallest absolute Gasteiger partial charge is 0.264 e. The highest BCUT2D eigenvalue weighted by Crippen LogP contribution is 2.31. The fourth-order valence-electron chi connectivity index (χ4n) is 4.35. The highest BCUT2D eigenvalue weighted by atomic mass is 79.9. The molecule has 1 N–H and O–H groups in total. The Morgan fingerprint density at radius 3 is 2.26 bits per heavy atom. The monoisotopic (exact) mass is 711 g/mol. The van der Waals surface area contributed by atoms with Crippen LogP contribution in [0.1, 0.15) is 38.3 Å². The van der Waals surface area contributed by atoms with Gasteiger partial charge in [0.05, 0.1) is 22.2 Å². The number of hydrogen-bond donors (Lipinski definition) is 1. The number of methoxy groups -OCH3 is 1. The van der Waals surface area contributed by atoms with Crippen molar-refractivity contribution < 1.29 is 22.7 Å². The molecule has 0 aliphatic carbocycles. The number of rotatable bonds is 13. The number of ether oxygens (including phenoxy) is 1. The van der Waals surface area contributed by atoms with Crippen molar-refractivity contribution in [3.05, 3.63) is 86.3 Å². The maximum absolute atomic E-state index is 14.2. The molecule has 8 nitrogen and oxygen atoms in total. The summed E-state index contributed by atoms with van der Waals surface area (Å²) in [6.45, 7) is 7.46. The number of hydrogen-bond acceptors (Lipinski definition) is 5. The number of halogens is 3. The number of nitrogens with one attached hydrogen (secondary N) is 1. The van der Waals surface area contributed by atoms with E-state index in [0.717, 1.165) is 9.87 Å². The summed E-state index contributed by atoms with van der Waals surface area (Å²) in [5.41, 5.74) is 1.79. The van der Waals surface area contributed by atoms with Crippen LogP contribution in [0.3, 0.4) is 0 Å². The number of carbonyl (C=O) groups excluding carboxylic acids is 2. The van der Waals surface area contributed by atoms with Gasteiger partial charge in [-0.15, -0.1) is 0 Å². The zero-order valence-corrected chi connectivity index (χ0v) is 28.6. The summed E-state index contributed by atoms with van der Waals surface area (Å²) in [5.74, 6) is -0.254. The second-order valence-corrected chi connectivity index (χ2v) is 14.0. The minimum atomic E-state index is -4.25. The van der Waals surface area contributed by atoms with E-state index in [1.54, 1.807) is 49.4 Å². The highest BCUT2D eigenvalue weighted by Gasteiger charge is 2.34. The lowest BCUT2D eigenvalue weighted by atomic mass is 10.1. The van der Waals surface area contributed by atoms with Gasteiger partial charge in [0.25, 0.3) is 10.0 Å². The molecule has 0 bridgehead atoms. The van der Waals surface area contributed by atoms with Crippen LogP contribution in [0.2, 0.25) is 10.0 Å². The van der Waals surface area contributed by atoms with Crippen LogP contribution in [-0.2, 0) is 26.2 Å². The molecule has 3 rings (SSSR count). The van der Waals surface area contributed by atoms with Crippen LogP contribution in [0.25, 0.3) is 0 Å². The van der Waals surface area contributed by atoms with E-state index in [1.165, 1.54) is 30.2 Å². The van der Waals surface area contributed by atoms with Gasteiger partial charge in [-0.3, -0.25) is 13.9 Å². The number of nitrogens with zero attached hydrogens (tertiary/aromatic N) is 2. The number of aryl methyl sites for hydroxylation is 1. The number of sulfonamides is 1. The number of amides is 2. The SMILES string of the molecule is CCC(C(=O)NCC(C)C)N(Cc1ccc(Cl)cc1Cl)C(=O)CN(c1ccc(C)cc1)S(=O)(=O)c1ccc(OC)c(Br)c1. The topological polar surface area (TPSA) is 96.0 Å². The number of anilines is 1.